The largest absolute Gasteiger partial charge is 0.427 e. The Hall–Kier alpha value is -1.84. The molecule has 1 rings (SSSR count). The van der Waals surface area contributed by atoms with Crippen LogP contribution in [0.25, 0.3) is 0 Å². The molecular weight excluding hydrogens is 352 g/mol. The fourth-order valence-electron chi connectivity index (χ4n) is 3.20. The van der Waals surface area contributed by atoms with E-state index in [1.54, 1.807) is 24.3 Å². The van der Waals surface area contributed by atoms with Gasteiger partial charge >= 0.3 is 11.9 Å². The molecule has 0 fully saturated rings. The van der Waals surface area contributed by atoms with E-state index in [2.05, 4.69) is 20.8 Å². The molecule has 0 amide bonds. The van der Waals surface area contributed by atoms with Gasteiger partial charge in [-0.2, -0.15) is 0 Å². The Kier molecular flexibility index (Phi) is 13.1. The first-order valence-corrected chi connectivity index (χ1v) is 11.1. The first-order valence-electron chi connectivity index (χ1n) is 11.1. The van der Waals surface area contributed by atoms with Crippen molar-refractivity contribution in [1.29, 1.82) is 0 Å². The van der Waals surface area contributed by atoms with Crippen molar-refractivity contribution in [2.45, 2.75) is 97.8 Å². The van der Waals surface area contributed by atoms with Gasteiger partial charge < -0.3 is 9.47 Å². The number of benzene rings is 1. The van der Waals surface area contributed by atoms with Crippen molar-refractivity contribution in [3.05, 3.63) is 24.3 Å². The summed E-state index contributed by atoms with van der Waals surface area (Å²) in [5, 5.41) is 0. The van der Waals surface area contributed by atoms with Crippen molar-refractivity contribution in [2.75, 3.05) is 0 Å². The second-order valence-corrected chi connectivity index (χ2v) is 7.51. The number of rotatable bonds is 15. The molecule has 1 aromatic rings. The molecule has 0 radical (unpaired) electrons. The number of esters is 2. The Balaban J connectivity index is 2.46. The van der Waals surface area contributed by atoms with Crippen LogP contribution in [0.5, 0.6) is 11.5 Å². The SMILES string of the molecule is CCCCCCCC(CCC)C(=O)Oc1ccc(OC(=O)CCCCC)cc1. The summed E-state index contributed by atoms with van der Waals surface area (Å²) in [7, 11) is 0. The third-order valence-corrected chi connectivity index (χ3v) is 4.88. The third kappa shape index (κ3) is 10.5. The summed E-state index contributed by atoms with van der Waals surface area (Å²) in [4.78, 5) is 24.3. The van der Waals surface area contributed by atoms with E-state index in [1.165, 1.54) is 25.7 Å². The quantitative estimate of drug-likeness (QED) is 0.187. The lowest BCUT2D eigenvalue weighted by Gasteiger charge is -2.15. The Morgan fingerprint density at radius 3 is 1.89 bits per heavy atom. The van der Waals surface area contributed by atoms with E-state index in [0.29, 0.717) is 17.9 Å². The summed E-state index contributed by atoms with van der Waals surface area (Å²) < 4.78 is 10.9. The smallest absolute Gasteiger partial charge is 0.314 e. The highest BCUT2D eigenvalue weighted by molar-refractivity contribution is 5.75. The Morgan fingerprint density at radius 1 is 0.714 bits per heavy atom. The van der Waals surface area contributed by atoms with Gasteiger partial charge in [0.1, 0.15) is 11.5 Å². The molecule has 1 aromatic carbocycles. The number of ether oxygens (including phenoxy) is 2. The molecule has 0 aliphatic carbocycles. The predicted octanol–water partition coefficient (Wildman–Crippen LogP) is 6.85. The van der Waals surface area contributed by atoms with E-state index in [4.69, 9.17) is 9.47 Å². The molecule has 1 atom stereocenters. The van der Waals surface area contributed by atoms with Crippen LogP contribution in [-0.2, 0) is 9.59 Å². The van der Waals surface area contributed by atoms with Gasteiger partial charge in [-0.05, 0) is 43.5 Å². The molecule has 0 saturated carbocycles. The number of unbranched alkanes of at least 4 members (excludes halogenated alkanes) is 6. The molecule has 28 heavy (non-hydrogen) atoms. The molecule has 0 aliphatic heterocycles. The minimum Gasteiger partial charge on any atom is -0.427 e. The number of carbonyl (C=O) groups excluding carboxylic acids is 2. The van der Waals surface area contributed by atoms with Crippen LogP contribution in [0.15, 0.2) is 24.3 Å². The van der Waals surface area contributed by atoms with Gasteiger partial charge in [-0.25, -0.2) is 0 Å². The Bertz CT molecular complexity index is 550. The van der Waals surface area contributed by atoms with Gasteiger partial charge in [-0.1, -0.05) is 72.1 Å². The number of carbonyl (C=O) groups is 2. The Labute approximate surface area is 171 Å². The van der Waals surface area contributed by atoms with Gasteiger partial charge in [-0.3, -0.25) is 9.59 Å². The van der Waals surface area contributed by atoms with Crippen molar-refractivity contribution < 1.29 is 19.1 Å². The highest BCUT2D eigenvalue weighted by atomic mass is 16.5. The monoisotopic (exact) mass is 390 g/mol. The third-order valence-electron chi connectivity index (χ3n) is 4.88. The summed E-state index contributed by atoms with van der Waals surface area (Å²) in [5.74, 6) is 0.582. The lowest BCUT2D eigenvalue weighted by Crippen LogP contribution is -2.20. The molecule has 0 heterocycles. The maximum Gasteiger partial charge on any atom is 0.314 e. The molecule has 0 aromatic heterocycles. The fourth-order valence-corrected chi connectivity index (χ4v) is 3.20. The molecule has 0 saturated heterocycles. The van der Waals surface area contributed by atoms with Crippen LogP contribution in [0.1, 0.15) is 97.8 Å². The van der Waals surface area contributed by atoms with Crippen molar-refractivity contribution in [3.8, 4) is 11.5 Å². The second kappa shape index (κ2) is 15.1. The van der Waals surface area contributed by atoms with Gasteiger partial charge in [0.05, 0.1) is 5.92 Å². The van der Waals surface area contributed by atoms with E-state index in [9.17, 15) is 9.59 Å². The number of hydrogen-bond acceptors (Lipinski definition) is 4. The van der Waals surface area contributed by atoms with Gasteiger partial charge in [0.15, 0.2) is 0 Å². The fraction of sp³-hybridized carbons (Fsp3) is 0.667. The molecule has 0 N–H and O–H groups in total. The average Bonchev–Trinajstić information content (AvgIpc) is 2.68. The van der Waals surface area contributed by atoms with Crippen LogP contribution < -0.4 is 9.47 Å². The van der Waals surface area contributed by atoms with Gasteiger partial charge in [0.25, 0.3) is 0 Å². The molecule has 1 unspecified atom stereocenters. The van der Waals surface area contributed by atoms with Crippen LogP contribution in [0, 0.1) is 5.92 Å². The van der Waals surface area contributed by atoms with Crippen LogP contribution in [-0.4, -0.2) is 11.9 Å². The summed E-state index contributed by atoms with van der Waals surface area (Å²) in [6, 6.07) is 6.74. The van der Waals surface area contributed by atoms with E-state index in [-0.39, 0.29) is 17.9 Å². The van der Waals surface area contributed by atoms with Crippen LogP contribution in [0.2, 0.25) is 0 Å². The summed E-state index contributed by atoms with van der Waals surface area (Å²) in [6.45, 7) is 6.40. The zero-order valence-electron chi connectivity index (χ0n) is 18.0. The normalized spacial score (nSPS) is 11.8. The van der Waals surface area contributed by atoms with Crippen LogP contribution in [0.3, 0.4) is 0 Å². The van der Waals surface area contributed by atoms with E-state index in [0.717, 1.165) is 44.9 Å². The maximum absolute atomic E-state index is 12.5. The van der Waals surface area contributed by atoms with Crippen molar-refractivity contribution in [1.82, 2.24) is 0 Å². The molecule has 158 valence electrons. The average molecular weight is 391 g/mol. The lowest BCUT2D eigenvalue weighted by molar-refractivity contribution is -0.139. The summed E-state index contributed by atoms with van der Waals surface area (Å²) in [5.41, 5.74) is 0. The lowest BCUT2D eigenvalue weighted by atomic mass is 9.96. The molecule has 4 heteroatoms. The van der Waals surface area contributed by atoms with Crippen molar-refractivity contribution in [2.24, 2.45) is 5.92 Å². The van der Waals surface area contributed by atoms with Crippen molar-refractivity contribution in [3.63, 3.8) is 0 Å². The first-order chi connectivity index (χ1) is 13.6. The standard InChI is InChI=1S/C24H38O4/c1-4-7-9-10-12-14-20(13-6-3)24(26)28-22-18-16-21(17-19-22)27-23(25)15-11-8-5-2/h16-20H,4-15H2,1-3H3. The van der Waals surface area contributed by atoms with E-state index >= 15 is 0 Å². The van der Waals surface area contributed by atoms with Gasteiger partial charge in [0, 0.05) is 6.42 Å². The summed E-state index contributed by atoms with van der Waals surface area (Å²) in [6.07, 6.45) is 12.1. The summed E-state index contributed by atoms with van der Waals surface area (Å²) >= 11 is 0. The maximum atomic E-state index is 12.5. The van der Waals surface area contributed by atoms with Crippen molar-refractivity contribution >= 4 is 11.9 Å². The minimum atomic E-state index is -0.218. The molecule has 0 spiro atoms. The van der Waals surface area contributed by atoms with Gasteiger partial charge in [-0.15, -0.1) is 0 Å². The Morgan fingerprint density at radius 2 is 1.29 bits per heavy atom. The molecule has 0 bridgehead atoms. The molecular formula is C24H38O4. The van der Waals surface area contributed by atoms with Crippen LogP contribution >= 0.6 is 0 Å². The predicted molar refractivity (Wildman–Crippen MR) is 114 cm³/mol. The first kappa shape index (κ1) is 24.2. The highest BCUT2D eigenvalue weighted by Gasteiger charge is 2.19. The number of hydrogen-bond donors (Lipinski definition) is 0. The second-order valence-electron chi connectivity index (χ2n) is 7.51. The molecule has 0 aliphatic rings. The van der Waals surface area contributed by atoms with Crippen LogP contribution in [0.4, 0.5) is 0 Å². The van der Waals surface area contributed by atoms with E-state index in [1.807, 2.05) is 0 Å². The highest BCUT2D eigenvalue weighted by Crippen LogP contribution is 2.22. The van der Waals surface area contributed by atoms with E-state index < -0.39 is 0 Å². The molecule has 4 nitrogen and oxygen atoms in total. The topological polar surface area (TPSA) is 52.6 Å². The van der Waals surface area contributed by atoms with Gasteiger partial charge in [0.2, 0.25) is 0 Å². The minimum absolute atomic E-state index is 0.0392. The zero-order chi connectivity index (χ0) is 20.6. The zero-order valence-corrected chi connectivity index (χ0v) is 18.0.